The van der Waals surface area contributed by atoms with E-state index < -0.39 is 6.03 Å². The number of hydrogen-bond donors (Lipinski definition) is 2. The number of carbonyl (C=O) groups excluding carboxylic acids is 2. The highest BCUT2D eigenvalue weighted by atomic mass is 16.2. The standard InChI is InChI=1S/C12H21N3O2/c13-7-8-1-3-9(4-2-8)11(16)10-5-6-15(10)12(14)17/h8-10H,1-7,13H2,(H2,14,17). The van der Waals surface area contributed by atoms with Crippen molar-refractivity contribution in [3.63, 3.8) is 0 Å². The fourth-order valence-electron chi connectivity index (χ4n) is 2.90. The molecule has 4 N–H and O–H groups in total. The van der Waals surface area contributed by atoms with Gasteiger partial charge in [-0.05, 0) is 44.6 Å². The van der Waals surface area contributed by atoms with Crippen molar-refractivity contribution in [3.05, 3.63) is 0 Å². The first-order chi connectivity index (χ1) is 8.13. The van der Waals surface area contributed by atoms with E-state index in [9.17, 15) is 9.59 Å². The Morgan fingerprint density at radius 2 is 1.76 bits per heavy atom. The lowest BCUT2D eigenvalue weighted by Crippen LogP contribution is -2.58. The van der Waals surface area contributed by atoms with Gasteiger partial charge in [-0.25, -0.2) is 4.79 Å². The molecule has 0 bridgehead atoms. The Bertz CT molecular complexity index is 311. The molecule has 1 saturated carbocycles. The van der Waals surface area contributed by atoms with Crippen LogP contribution in [0.3, 0.4) is 0 Å². The van der Waals surface area contributed by atoms with Gasteiger partial charge in [-0.3, -0.25) is 4.79 Å². The zero-order valence-electron chi connectivity index (χ0n) is 10.1. The lowest BCUT2D eigenvalue weighted by Gasteiger charge is -2.41. The minimum absolute atomic E-state index is 0.116. The van der Waals surface area contributed by atoms with Crippen LogP contribution in [-0.4, -0.2) is 35.8 Å². The average Bonchev–Trinajstić information content (AvgIpc) is 2.27. The molecule has 2 amide bonds. The van der Waals surface area contributed by atoms with Crippen molar-refractivity contribution in [2.24, 2.45) is 23.3 Å². The zero-order valence-corrected chi connectivity index (χ0v) is 10.1. The van der Waals surface area contributed by atoms with Crippen LogP contribution in [0.25, 0.3) is 0 Å². The maximum atomic E-state index is 12.2. The highest BCUT2D eigenvalue weighted by Gasteiger charge is 2.40. The van der Waals surface area contributed by atoms with Gasteiger partial charge in [-0.2, -0.15) is 0 Å². The van der Waals surface area contributed by atoms with E-state index in [1.807, 2.05) is 0 Å². The number of likely N-dealkylation sites (tertiary alicyclic amines) is 1. The molecule has 5 nitrogen and oxygen atoms in total. The summed E-state index contributed by atoms with van der Waals surface area (Å²) in [7, 11) is 0. The Morgan fingerprint density at radius 1 is 1.12 bits per heavy atom. The topological polar surface area (TPSA) is 89.4 Å². The van der Waals surface area contributed by atoms with Crippen molar-refractivity contribution in [3.8, 4) is 0 Å². The summed E-state index contributed by atoms with van der Waals surface area (Å²) in [5.41, 5.74) is 10.8. The van der Waals surface area contributed by atoms with Gasteiger partial charge in [0.05, 0.1) is 6.04 Å². The summed E-state index contributed by atoms with van der Waals surface area (Å²) in [4.78, 5) is 24.8. The lowest BCUT2D eigenvalue weighted by atomic mass is 9.77. The van der Waals surface area contributed by atoms with Crippen LogP contribution < -0.4 is 11.5 Å². The molecule has 2 rings (SSSR count). The molecule has 0 spiro atoms. The molecular weight excluding hydrogens is 218 g/mol. The quantitative estimate of drug-likeness (QED) is 0.750. The number of ketones is 1. The molecule has 96 valence electrons. The molecule has 1 aliphatic carbocycles. The van der Waals surface area contributed by atoms with Crippen LogP contribution in [-0.2, 0) is 4.79 Å². The van der Waals surface area contributed by atoms with Crippen LogP contribution in [0, 0.1) is 11.8 Å². The van der Waals surface area contributed by atoms with Gasteiger partial charge in [0.2, 0.25) is 0 Å². The molecular formula is C12H21N3O2. The van der Waals surface area contributed by atoms with Gasteiger partial charge in [0, 0.05) is 12.5 Å². The second kappa shape index (κ2) is 5.04. The van der Waals surface area contributed by atoms with E-state index in [0.717, 1.165) is 38.6 Å². The number of hydrogen-bond acceptors (Lipinski definition) is 3. The predicted molar refractivity (Wildman–Crippen MR) is 64.2 cm³/mol. The normalized spacial score (nSPS) is 33.0. The molecule has 0 aromatic heterocycles. The van der Waals surface area contributed by atoms with Crippen molar-refractivity contribution in [1.29, 1.82) is 0 Å². The Labute approximate surface area is 102 Å². The Balaban J connectivity index is 1.87. The summed E-state index contributed by atoms with van der Waals surface area (Å²) in [5.74, 6) is 0.906. The molecule has 5 heteroatoms. The van der Waals surface area contributed by atoms with Gasteiger partial charge < -0.3 is 16.4 Å². The number of carbonyl (C=O) groups is 2. The summed E-state index contributed by atoms with van der Waals surface area (Å²) >= 11 is 0. The summed E-state index contributed by atoms with van der Waals surface area (Å²) < 4.78 is 0. The van der Waals surface area contributed by atoms with Crippen molar-refractivity contribution in [1.82, 2.24) is 4.90 Å². The second-order valence-electron chi connectivity index (χ2n) is 5.19. The van der Waals surface area contributed by atoms with Gasteiger partial charge in [0.1, 0.15) is 0 Å². The second-order valence-corrected chi connectivity index (χ2v) is 5.19. The third kappa shape index (κ3) is 2.44. The van der Waals surface area contributed by atoms with E-state index in [4.69, 9.17) is 11.5 Å². The Kier molecular flexibility index (Phi) is 3.66. The van der Waals surface area contributed by atoms with Crippen LogP contribution in [0.2, 0.25) is 0 Å². The van der Waals surface area contributed by atoms with Crippen molar-refractivity contribution >= 4 is 11.8 Å². The van der Waals surface area contributed by atoms with Crippen molar-refractivity contribution in [2.75, 3.05) is 13.1 Å². The van der Waals surface area contributed by atoms with Crippen LogP contribution in [0.15, 0.2) is 0 Å². The number of primary amides is 1. The number of Topliss-reactive ketones (excluding diaryl/α,β-unsaturated/α-hetero) is 1. The maximum Gasteiger partial charge on any atom is 0.315 e. The minimum Gasteiger partial charge on any atom is -0.351 e. The van der Waals surface area contributed by atoms with E-state index in [0.29, 0.717) is 12.5 Å². The molecule has 1 unspecified atom stereocenters. The molecule has 1 atom stereocenters. The van der Waals surface area contributed by atoms with E-state index in [1.54, 1.807) is 0 Å². The number of amides is 2. The average molecular weight is 239 g/mol. The van der Waals surface area contributed by atoms with E-state index in [2.05, 4.69) is 0 Å². The number of urea groups is 1. The van der Waals surface area contributed by atoms with E-state index in [1.165, 1.54) is 4.90 Å². The van der Waals surface area contributed by atoms with Crippen LogP contribution in [0.4, 0.5) is 4.79 Å². The van der Waals surface area contributed by atoms with Gasteiger partial charge in [0.15, 0.2) is 5.78 Å². The van der Waals surface area contributed by atoms with Crippen molar-refractivity contribution in [2.45, 2.75) is 38.1 Å². The number of nitrogens with zero attached hydrogens (tertiary/aromatic N) is 1. The highest BCUT2D eigenvalue weighted by molar-refractivity contribution is 5.91. The molecule has 17 heavy (non-hydrogen) atoms. The molecule has 0 aromatic carbocycles. The first-order valence-electron chi connectivity index (χ1n) is 6.43. The highest BCUT2D eigenvalue weighted by Crippen LogP contribution is 2.32. The monoisotopic (exact) mass is 239 g/mol. The summed E-state index contributed by atoms with van der Waals surface area (Å²) in [5, 5.41) is 0. The smallest absolute Gasteiger partial charge is 0.315 e. The molecule has 2 fully saturated rings. The molecule has 1 saturated heterocycles. The molecule has 0 aromatic rings. The molecule has 1 heterocycles. The first kappa shape index (κ1) is 12.4. The largest absolute Gasteiger partial charge is 0.351 e. The van der Waals surface area contributed by atoms with Crippen LogP contribution in [0.1, 0.15) is 32.1 Å². The first-order valence-corrected chi connectivity index (χ1v) is 6.43. The number of nitrogens with two attached hydrogens (primary N) is 2. The fraction of sp³-hybridized carbons (Fsp3) is 0.833. The van der Waals surface area contributed by atoms with Gasteiger partial charge in [0.25, 0.3) is 0 Å². The van der Waals surface area contributed by atoms with Crippen LogP contribution in [0.5, 0.6) is 0 Å². The van der Waals surface area contributed by atoms with Crippen molar-refractivity contribution < 1.29 is 9.59 Å². The molecule has 1 aliphatic heterocycles. The van der Waals surface area contributed by atoms with Gasteiger partial charge >= 0.3 is 6.03 Å². The van der Waals surface area contributed by atoms with E-state index >= 15 is 0 Å². The summed E-state index contributed by atoms with van der Waals surface area (Å²) in [6.45, 7) is 1.35. The predicted octanol–water partition coefficient (Wildman–Crippen LogP) is 0.474. The summed E-state index contributed by atoms with van der Waals surface area (Å²) in [6, 6.07) is -0.711. The number of rotatable bonds is 3. The molecule has 2 aliphatic rings. The lowest BCUT2D eigenvalue weighted by molar-refractivity contribution is -0.131. The third-order valence-electron chi connectivity index (χ3n) is 4.21. The zero-order chi connectivity index (χ0) is 12.4. The van der Waals surface area contributed by atoms with Crippen LogP contribution >= 0.6 is 0 Å². The maximum absolute atomic E-state index is 12.2. The Hall–Kier alpha value is -1.10. The minimum atomic E-state index is -0.467. The SMILES string of the molecule is NCC1CCC(C(=O)C2CCN2C(N)=O)CC1. The van der Waals surface area contributed by atoms with E-state index in [-0.39, 0.29) is 17.7 Å². The third-order valence-corrected chi connectivity index (χ3v) is 4.21. The van der Waals surface area contributed by atoms with Gasteiger partial charge in [-0.1, -0.05) is 0 Å². The van der Waals surface area contributed by atoms with Gasteiger partial charge in [-0.15, -0.1) is 0 Å². The molecule has 0 radical (unpaired) electrons. The summed E-state index contributed by atoms with van der Waals surface area (Å²) in [6.07, 6.45) is 4.69. The Morgan fingerprint density at radius 3 is 2.18 bits per heavy atom. The fourth-order valence-corrected chi connectivity index (χ4v) is 2.90.